The molecule has 21 heavy (non-hydrogen) atoms. The van der Waals surface area contributed by atoms with Crippen LogP contribution in [0, 0.1) is 0 Å². The lowest BCUT2D eigenvalue weighted by Crippen LogP contribution is -2.24. The second-order valence-electron chi connectivity index (χ2n) is 5.37. The number of imidazole rings is 1. The Morgan fingerprint density at radius 1 is 1.33 bits per heavy atom. The highest BCUT2D eigenvalue weighted by Gasteiger charge is 2.32. The summed E-state index contributed by atoms with van der Waals surface area (Å²) >= 11 is 1.72. The molecule has 1 aliphatic rings. The fraction of sp³-hybridized carbons (Fsp3) is 0.250. The van der Waals surface area contributed by atoms with E-state index in [1.165, 1.54) is 10.1 Å². The van der Waals surface area contributed by atoms with Gasteiger partial charge in [-0.05, 0) is 12.5 Å². The number of benzene rings is 1. The van der Waals surface area contributed by atoms with E-state index >= 15 is 0 Å². The molecular formula is C16H15N3OS. The summed E-state index contributed by atoms with van der Waals surface area (Å²) < 4.78 is 3.28. The van der Waals surface area contributed by atoms with Crippen LogP contribution in [0.2, 0.25) is 0 Å². The van der Waals surface area contributed by atoms with Gasteiger partial charge in [0.05, 0.1) is 0 Å². The molecule has 4 rings (SSSR count). The van der Waals surface area contributed by atoms with Gasteiger partial charge >= 0.3 is 0 Å². The second-order valence-corrected chi connectivity index (χ2v) is 6.28. The van der Waals surface area contributed by atoms with Crippen molar-refractivity contribution < 1.29 is 4.79 Å². The SMILES string of the molecule is CN1CCC(n2ccnc2-c2csc3ccccc23)C1=O. The Morgan fingerprint density at radius 3 is 3.00 bits per heavy atom. The number of thiophene rings is 1. The fourth-order valence-electron chi connectivity index (χ4n) is 2.99. The van der Waals surface area contributed by atoms with Gasteiger partial charge < -0.3 is 9.47 Å². The van der Waals surface area contributed by atoms with E-state index in [0.717, 1.165) is 24.4 Å². The molecule has 0 radical (unpaired) electrons. The van der Waals surface area contributed by atoms with E-state index in [1.54, 1.807) is 22.4 Å². The van der Waals surface area contributed by atoms with Crippen molar-refractivity contribution in [1.82, 2.24) is 14.5 Å². The number of likely N-dealkylation sites (N-methyl/N-ethyl adjacent to an activating group) is 1. The van der Waals surface area contributed by atoms with Crippen molar-refractivity contribution in [3.63, 3.8) is 0 Å². The zero-order valence-electron chi connectivity index (χ0n) is 11.7. The molecule has 0 bridgehead atoms. The normalized spacial score (nSPS) is 18.8. The van der Waals surface area contributed by atoms with Crippen LogP contribution in [0.4, 0.5) is 0 Å². The molecule has 1 amide bonds. The molecule has 1 fully saturated rings. The van der Waals surface area contributed by atoms with Gasteiger partial charge in [-0.15, -0.1) is 11.3 Å². The summed E-state index contributed by atoms with van der Waals surface area (Å²) in [6.45, 7) is 0.811. The van der Waals surface area contributed by atoms with Crippen molar-refractivity contribution in [3.8, 4) is 11.4 Å². The number of nitrogens with zero attached hydrogens (tertiary/aromatic N) is 3. The third-order valence-electron chi connectivity index (χ3n) is 4.13. The number of aromatic nitrogens is 2. The van der Waals surface area contributed by atoms with Crippen LogP contribution in [0.1, 0.15) is 12.5 Å². The molecule has 1 aromatic carbocycles. The van der Waals surface area contributed by atoms with E-state index in [0.29, 0.717) is 0 Å². The zero-order valence-corrected chi connectivity index (χ0v) is 12.5. The van der Waals surface area contributed by atoms with Crippen molar-refractivity contribution in [2.24, 2.45) is 0 Å². The first-order chi connectivity index (χ1) is 10.3. The van der Waals surface area contributed by atoms with Crippen molar-refractivity contribution in [2.75, 3.05) is 13.6 Å². The first kappa shape index (κ1) is 12.6. The minimum Gasteiger partial charge on any atom is -0.344 e. The lowest BCUT2D eigenvalue weighted by Gasteiger charge is -2.14. The summed E-state index contributed by atoms with van der Waals surface area (Å²) in [5, 5.41) is 3.33. The summed E-state index contributed by atoms with van der Waals surface area (Å²) in [6.07, 6.45) is 4.55. The van der Waals surface area contributed by atoms with Gasteiger partial charge in [-0.2, -0.15) is 0 Å². The highest BCUT2D eigenvalue weighted by Crippen LogP contribution is 2.35. The maximum absolute atomic E-state index is 12.3. The molecule has 0 N–H and O–H groups in total. The number of hydrogen-bond acceptors (Lipinski definition) is 3. The third kappa shape index (κ3) is 1.88. The molecule has 4 nitrogen and oxygen atoms in total. The molecule has 0 aliphatic carbocycles. The quantitative estimate of drug-likeness (QED) is 0.728. The summed E-state index contributed by atoms with van der Waals surface area (Å²) in [5.41, 5.74) is 1.11. The monoisotopic (exact) mass is 297 g/mol. The molecular weight excluding hydrogens is 282 g/mol. The van der Waals surface area contributed by atoms with E-state index in [4.69, 9.17) is 0 Å². The van der Waals surface area contributed by atoms with E-state index in [2.05, 4.69) is 22.5 Å². The van der Waals surface area contributed by atoms with Crippen LogP contribution in [0.15, 0.2) is 42.0 Å². The first-order valence-corrected chi connectivity index (χ1v) is 7.88. The summed E-state index contributed by atoms with van der Waals surface area (Å²) in [7, 11) is 1.86. The maximum Gasteiger partial charge on any atom is 0.245 e. The summed E-state index contributed by atoms with van der Waals surface area (Å²) in [5.74, 6) is 1.06. The fourth-order valence-corrected chi connectivity index (χ4v) is 3.93. The Kier molecular flexibility index (Phi) is 2.82. The zero-order chi connectivity index (χ0) is 14.4. The topological polar surface area (TPSA) is 38.1 Å². The molecule has 2 aromatic heterocycles. The molecule has 0 spiro atoms. The summed E-state index contributed by atoms with van der Waals surface area (Å²) in [6, 6.07) is 8.20. The Bertz CT molecular complexity index is 820. The van der Waals surface area contributed by atoms with Crippen LogP contribution >= 0.6 is 11.3 Å². The highest BCUT2D eigenvalue weighted by molar-refractivity contribution is 7.17. The van der Waals surface area contributed by atoms with Crippen LogP contribution in [0.25, 0.3) is 21.5 Å². The second kappa shape index (κ2) is 4.70. The highest BCUT2D eigenvalue weighted by atomic mass is 32.1. The molecule has 1 atom stereocenters. The molecule has 1 saturated heterocycles. The predicted molar refractivity (Wildman–Crippen MR) is 84.3 cm³/mol. The lowest BCUT2D eigenvalue weighted by molar-refractivity contribution is -0.129. The molecule has 5 heteroatoms. The van der Waals surface area contributed by atoms with Gasteiger partial charge in [0.2, 0.25) is 5.91 Å². The molecule has 106 valence electrons. The van der Waals surface area contributed by atoms with Gasteiger partial charge in [0.1, 0.15) is 11.9 Å². The molecule has 1 aliphatic heterocycles. The van der Waals surface area contributed by atoms with Crippen LogP contribution < -0.4 is 0 Å². The van der Waals surface area contributed by atoms with Crippen LogP contribution in [-0.4, -0.2) is 34.0 Å². The van der Waals surface area contributed by atoms with Gasteiger partial charge in [0, 0.05) is 47.0 Å². The van der Waals surface area contributed by atoms with Crippen molar-refractivity contribution in [2.45, 2.75) is 12.5 Å². The smallest absolute Gasteiger partial charge is 0.245 e. The number of carbonyl (C=O) groups excluding carboxylic acids is 1. The van der Waals surface area contributed by atoms with Crippen molar-refractivity contribution in [3.05, 3.63) is 42.0 Å². The van der Waals surface area contributed by atoms with Crippen LogP contribution in [0.5, 0.6) is 0 Å². The number of likely N-dealkylation sites (tertiary alicyclic amines) is 1. The standard InChI is InChI=1S/C16H15N3OS/c1-18-8-6-13(16(18)20)19-9-7-17-15(19)12-10-21-14-5-3-2-4-11(12)14/h2-5,7,9-10,13H,6,8H2,1H3. The molecule has 0 saturated carbocycles. The minimum absolute atomic E-state index is 0.119. The average molecular weight is 297 g/mol. The number of rotatable bonds is 2. The summed E-state index contributed by atoms with van der Waals surface area (Å²) in [4.78, 5) is 18.6. The number of amides is 1. The molecule has 3 heterocycles. The van der Waals surface area contributed by atoms with Gasteiger partial charge in [-0.1, -0.05) is 18.2 Å². The Balaban J connectivity index is 1.84. The largest absolute Gasteiger partial charge is 0.344 e. The van der Waals surface area contributed by atoms with Gasteiger partial charge in [0.25, 0.3) is 0 Å². The van der Waals surface area contributed by atoms with Gasteiger partial charge in [-0.3, -0.25) is 4.79 Å². The van der Waals surface area contributed by atoms with Crippen molar-refractivity contribution in [1.29, 1.82) is 0 Å². The molecule has 3 aromatic rings. The van der Waals surface area contributed by atoms with Crippen LogP contribution in [0.3, 0.4) is 0 Å². The maximum atomic E-state index is 12.3. The number of fused-ring (bicyclic) bond motifs is 1. The average Bonchev–Trinajstić information content (AvgIpc) is 3.19. The van der Waals surface area contributed by atoms with Gasteiger partial charge in [0.15, 0.2) is 0 Å². The Labute approximate surface area is 126 Å². The third-order valence-corrected chi connectivity index (χ3v) is 5.09. The Morgan fingerprint density at radius 2 is 2.19 bits per heavy atom. The lowest BCUT2D eigenvalue weighted by atomic mass is 10.1. The Hall–Kier alpha value is -2.14. The van der Waals surface area contributed by atoms with E-state index in [1.807, 2.05) is 29.9 Å². The van der Waals surface area contributed by atoms with E-state index in [-0.39, 0.29) is 11.9 Å². The number of carbonyl (C=O) groups is 1. The number of hydrogen-bond donors (Lipinski definition) is 0. The molecule has 1 unspecified atom stereocenters. The van der Waals surface area contributed by atoms with E-state index in [9.17, 15) is 4.79 Å². The van der Waals surface area contributed by atoms with Gasteiger partial charge in [-0.25, -0.2) is 4.98 Å². The van der Waals surface area contributed by atoms with Crippen molar-refractivity contribution >= 4 is 27.3 Å². The first-order valence-electron chi connectivity index (χ1n) is 7.00. The minimum atomic E-state index is -0.119. The van der Waals surface area contributed by atoms with E-state index < -0.39 is 0 Å². The van der Waals surface area contributed by atoms with Crippen LogP contribution in [-0.2, 0) is 4.79 Å². The predicted octanol–water partition coefficient (Wildman–Crippen LogP) is 3.17.